The second kappa shape index (κ2) is 6.00. The Morgan fingerprint density at radius 1 is 1.08 bits per heavy atom. The molecule has 0 spiro atoms. The lowest BCUT2D eigenvalue weighted by molar-refractivity contribution is 0.349. The van der Waals surface area contributed by atoms with Gasteiger partial charge in [-0.25, -0.2) is 0 Å². The van der Waals surface area contributed by atoms with E-state index in [0.29, 0.717) is 12.0 Å². The maximum atomic E-state index is 5.77. The molecule has 0 radical (unpaired) electrons. The highest BCUT2D eigenvalue weighted by Gasteiger charge is 2.35. The molecule has 0 bridgehead atoms. The van der Waals surface area contributed by atoms with E-state index in [1.54, 1.807) is 20.5 Å². The number of ether oxygens (including phenoxy) is 2. The summed E-state index contributed by atoms with van der Waals surface area (Å²) < 4.78 is 16.8. The van der Waals surface area contributed by atoms with Gasteiger partial charge in [0.1, 0.15) is 5.71 Å². The lowest BCUT2D eigenvalue weighted by atomic mass is 9.75. The number of fused-ring (bicyclic) bond motifs is 3. The third-order valence-corrected chi connectivity index (χ3v) is 5.31. The monoisotopic (exact) mass is 325 g/mol. The number of aliphatic imine (C=N–C) groups is 1. The van der Waals surface area contributed by atoms with Gasteiger partial charge in [0.05, 0.1) is 26.5 Å². The molecule has 1 fully saturated rings. The molecule has 1 aliphatic carbocycles. The zero-order valence-corrected chi connectivity index (χ0v) is 14.5. The highest BCUT2D eigenvalue weighted by atomic mass is 16.5. The summed E-state index contributed by atoms with van der Waals surface area (Å²) in [4.78, 5) is 5.11. The number of methoxy groups -OCH3 is 2. The van der Waals surface area contributed by atoms with Crippen LogP contribution in [0.2, 0.25) is 0 Å². The highest BCUT2D eigenvalue weighted by molar-refractivity contribution is 6.14. The zero-order chi connectivity index (χ0) is 16.7. The highest BCUT2D eigenvalue weighted by Crippen LogP contribution is 2.44. The van der Waals surface area contributed by atoms with Crippen molar-refractivity contribution in [1.29, 1.82) is 0 Å². The number of hydrogen-bond acceptors (Lipinski definition) is 4. The summed E-state index contributed by atoms with van der Waals surface area (Å²) in [5.41, 5.74) is 4.51. The fourth-order valence-corrected chi connectivity index (χ4v) is 4.07. The molecule has 24 heavy (non-hydrogen) atoms. The molecule has 2 aromatic rings. The first-order chi connectivity index (χ1) is 11.7. The van der Waals surface area contributed by atoms with Crippen molar-refractivity contribution in [3.8, 4) is 11.5 Å². The smallest absolute Gasteiger partial charge is 0.161 e. The average molecular weight is 325 g/mol. The van der Waals surface area contributed by atoms with Gasteiger partial charge in [-0.15, -0.1) is 0 Å². The van der Waals surface area contributed by atoms with E-state index in [-0.39, 0.29) is 0 Å². The van der Waals surface area contributed by atoms with Crippen LogP contribution in [0.3, 0.4) is 0 Å². The molecular formula is C20H23NO3. The van der Waals surface area contributed by atoms with Crippen LogP contribution in [0.15, 0.2) is 33.9 Å². The van der Waals surface area contributed by atoms with Gasteiger partial charge in [0.15, 0.2) is 17.3 Å². The number of hydrogen-bond donors (Lipinski definition) is 0. The van der Waals surface area contributed by atoms with Crippen molar-refractivity contribution in [2.75, 3.05) is 14.2 Å². The number of nitrogens with zero attached hydrogens (tertiary/aromatic N) is 1. The molecule has 1 aromatic carbocycles. The fourth-order valence-electron chi connectivity index (χ4n) is 4.07. The van der Waals surface area contributed by atoms with E-state index in [2.05, 4.69) is 19.1 Å². The maximum absolute atomic E-state index is 5.77. The van der Waals surface area contributed by atoms with Gasteiger partial charge in [0.2, 0.25) is 0 Å². The molecule has 4 nitrogen and oxygen atoms in total. The van der Waals surface area contributed by atoms with Crippen LogP contribution in [-0.2, 0) is 0 Å². The van der Waals surface area contributed by atoms with Crippen molar-refractivity contribution in [3.63, 3.8) is 0 Å². The first-order valence-corrected chi connectivity index (χ1v) is 8.61. The molecule has 4 rings (SSSR count). The Balaban J connectivity index is 1.93. The van der Waals surface area contributed by atoms with Gasteiger partial charge in [-0.3, -0.25) is 4.99 Å². The van der Waals surface area contributed by atoms with Gasteiger partial charge in [0.25, 0.3) is 0 Å². The molecule has 2 aliphatic rings. The van der Waals surface area contributed by atoms with Crippen molar-refractivity contribution in [1.82, 2.24) is 0 Å². The number of benzene rings is 1. The normalized spacial score (nSPS) is 22.4. The van der Waals surface area contributed by atoms with E-state index in [4.69, 9.17) is 18.9 Å². The van der Waals surface area contributed by atoms with Crippen molar-refractivity contribution in [2.24, 2.45) is 4.99 Å². The fraction of sp³-hybridized carbons (Fsp3) is 0.450. The molecule has 1 aliphatic heterocycles. The lowest BCUT2D eigenvalue weighted by Crippen LogP contribution is -2.29. The van der Waals surface area contributed by atoms with E-state index in [9.17, 15) is 0 Å². The minimum Gasteiger partial charge on any atom is -0.493 e. The summed E-state index contributed by atoms with van der Waals surface area (Å²) >= 11 is 0. The van der Waals surface area contributed by atoms with E-state index >= 15 is 0 Å². The molecule has 0 unspecified atom stereocenters. The standard InChI is InChI=1S/C20H23NO3/c1-12-8-9-24-20(12)19-15-11-18(23-3)17(22-2)10-14(15)13-6-4-5-7-16(13)21-19/h8-11,13,16H,4-7H2,1-3H3/t13-,16-/m1/s1. The SMILES string of the molecule is COc1cc2c(cc1OC)[C@H]1CCCC[C@H]1N=C2c1occc1C. The van der Waals surface area contributed by atoms with Crippen LogP contribution in [0.5, 0.6) is 11.5 Å². The molecule has 0 N–H and O–H groups in total. The second-order valence-electron chi connectivity index (χ2n) is 6.66. The van der Waals surface area contributed by atoms with Gasteiger partial charge < -0.3 is 13.9 Å². The van der Waals surface area contributed by atoms with Crippen LogP contribution in [0, 0.1) is 6.92 Å². The Hall–Kier alpha value is -2.23. The predicted molar refractivity (Wildman–Crippen MR) is 93.6 cm³/mol. The predicted octanol–water partition coefficient (Wildman–Crippen LogP) is 4.48. The second-order valence-corrected chi connectivity index (χ2v) is 6.66. The quantitative estimate of drug-likeness (QED) is 0.835. The van der Waals surface area contributed by atoms with E-state index < -0.39 is 0 Å². The van der Waals surface area contributed by atoms with Crippen molar-refractivity contribution in [2.45, 2.75) is 44.6 Å². The average Bonchev–Trinajstić information content (AvgIpc) is 3.05. The summed E-state index contributed by atoms with van der Waals surface area (Å²) in [7, 11) is 3.36. The molecule has 1 saturated carbocycles. The Morgan fingerprint density at radius 3 is 2.54 bits per heavy atom. The van der Waals surface area contributed by atoms with Crippen LogP contribution in [-0.4, -0.2) is 26.0 Å². The van der Waals surface area contributed by atoms with Crippen molar-refractivity contribution >= 4 is 5.71 Å². The molecular weight excluding hydrogens is 302 g/mol. The Labute approximate surface area is 142 Å². The molecule has 0 saturated heterocycles. The Morgan fingerprint density at radius 2 is 1.83 bits per heavy atom. The third-order valence-electron chi connectivity index (χ3n) is 5.31. The third kappa shape index (κ3) is 2.32. The summed E-state index contributed by atoms with van der Waals surface area (Å²) in [6, 6.07) is 6.53. The van der Waals surface area contributed by atoms with Crippen LogP contribution < -0.4 is 9.47 Å². The summed E-state index contributed by atoms with van der Waals surface area (Å²) in [6.45, 7) is 2.06. The number of rotatable bonds is 3. The Bertz CT molecular complexity index is 790. The van der Waals surface area contributed by atoms with Crippen LogP contribution in [0.25, 0.3) is 0 Å². The van der Waals surface area contributed by atoms with Crippen LogP contribution >= 0.6 is 0 Å². The van der Waals surface area contributed by atoms with E-state index in [0.717, 1.165) is 40.5 Å². The van der Waals surface area contributed by atoms with Gasteiger partial charge in [0, 0.05) is 11.5 Å². The van der Waals surface area contributed by atoms with Crippen molar-refractivity contribution in [3.05, 3.63) is 46.9 Å². The minimum absolute atomic E-state index is 0.337. The molecule has 126 valence electrons. The minimum atomic E-state index is 0.337. The summed E-state index contributed by atoms with van der Waals surface area (Å²) in [5, 5.41) is 0. The van der Waals surface area contributed by atoms with Crippen LogP contribution in [0.1, 0.15) is 54.1 Å². The number of aryl methyl sites for hydroxylation is 1. The van der Waals surface area contributed by atoms with Gasteiger partial charge in [-0.1, -0.05) is 12.8 Å². The van der Waals surface area contributed by atoms with E-state index in [1.165, 1.54) is 24.8 Å². The topological polar surface area (TPSA) is 44.0 Å². The van der Waals surface area contributed by atoms with Gasteiger partial charge in [-0.05, 0) is 49.1 Å². The maximum Gasteiger partial charge on any atom is 0.161 e. The van der Waals surface area contributed by atoms with Crippen molar-refractivity contribution < 1.29 is 13.9 Å². The Kier molecular flexibility index (Phi) is 3.83. The van der Waals surface area contributed by atoms with Gasteiger partial charge >= 0.3 is 0 Å². The first kappa shape index (κ1) is 15.3. The first-order valence-electron chi connectivity index (χ1n) is 8.61. The summed E-state index contributed by atoms with van der Waals surface area (Å²) in [6.07, 6.45) is 6.57. The van der Waals surface area contributed by atoms with E-state index in [1.807, 2.05) is 6.07 Å². The molecule has 2 atom stereocenters. The zero-order valence-electron chi connectivity index (χ0n) is 14.5. The molecule has 0 amide bonds. The number of furan rings is 1. The largest absolute Gasteiger partial charge is 0.493 e. The van der Waals surface area contributed by atoms with Crippen LogP contribution in [0.4, 0.5) is 0 Å². The van der Waals surface area contributed by atoms with Gasteiger partial charge in [-0.2, -0.15) is 0 Å². The molecule has 4 heteroatoms. The molecule has 1 aromatic heterocycles. The summed E-state index contributed by atoms with van der Waals surface area (Å²) in [5.74, 6) is 2.86. The lowest BCUT2D eigenvalue weighted by Gasteiger charge is -2.35. The molecule has 2 heterocycles.